The summed E-state index contributed by atoms with van der Waals surface area (Å²) in [5.41, 5.74) is 0.0677. The predicted molar refractivity (Wildman–Crippen MR) is 147 cm³/mol. The maximum atomic E-state index is 12.4. The van der Waals surface area contributed by atoms with Gasteiger partial charge in [-0.25, -0.2) is 9.59 Å². The van der Waals surface area contributed by atoms with Crippen LogP contribution in [0.3, 0.4) is 0 Å². The smallest absolute Gasteiger partial charge is 0.408 e. The number of ether oxygens (including phenoxy) is 1. The van der Waals surface area contributed by atoms with Crippen LogP contribution in [-0.4, -0.2) is 43.7 Å². The number of benzene rings is 2. The van der Waals surface area contributed by atoms with Gasteiger partial charge in [-0.15, -0.1) is 0 Å². The first-order valence-corrected chi connectivity index (χ1v) is 14.3. The molecule has 0 unspecified atom stereocenters. The molecule has 0 aromatic heterocycles. The number of carboxylic acids is 1. The summed E-state index contributed by atoms with van der Waals surface area (Å²) < 4.78 is 12.3. The highest BCUT2D eigenvalue weighted by Crippen LogP contribution is 2.37. The second-order valence-corrected chi connectivity index (χ2v) is 15.4. The van der Waals surface area contributed by atoms with E-state index < -0.39 is 37.9 Å². The molecule has 0 spiro atoms. The van der Waals surface area contributed by atoms with Crippen molar-refractivity contribution in [3.63, 3.8) is 0 Å². The highest BCUT2D eigenvalue weighted by atomic mass is 28.4. The minimum Gasteiger partial charge on any atom is -0.480 e. The van der Waals surface area contributed by atoms with Crippen molar-refractivity contribution in [1.29, 1.82) is 0 Å². The number of carboxylic acid groups (broad SMARTS) is 1. The lowest BCUT2D eigenvalue weighted by Gasteiger charge is -2.43. The van der Waals surface area contributed by atoms with Gasteiger partial charge in [0.2, 0.25) is 0 Å². The summed E-state index contributed by atoms with van der Waals surface area (Å²) in [4.78, 5) is 24.5. The first-order chi connectivity index (χ1) is 16.7. The summed E-state index contributed by atoms with van der Waals surface area (Å²) in [6, 6.07) is 19.4. The van der Waals surface area contributed by atoms with E-state index in [-0.39, 0.29) is 11.6 Å². The SMILES string of the molecule is C/C=C(\CO[Si](c1ccccc1)(c1ccccc1)C(C)(C)C)[C@H](C)[C@H](NC(=O)OC(C)(C)C)C(=O)O. The number of hydrogen-bond donors (Lipinski definition) is 2. The first-order valence-electron chi connectivity index (χ1n) is 12.4. The van der Waals surface area contributed by atoms with Crippen molar-refractivity contribution in [2.75, 3.05) is 6.61 Å². The minimum absolute atomic E-state index is 0.210. The van der Waals surface area contributed by atoms with E-state index in [0.717, 1.165) is 15.9 Å². The summed E-state index contributed by atoms with van der Waals surface area (Å²) in [7, 11) is -2.80. The minimum atomic E-state index is -2.80. The Balaban J connectivity index is 2.43. The lowest BCUT2D eigenvalue weighted by molar-refractivity contribution is -0.140. The number of nitrogens with one attached hydrogen (secondary N) is 1. The molecule has 1 amide bonds. The second-order valence-electron chi connectivity index (χ2n) is 11.1. The Morgan fingerprint density at radius 1 is 0.944 bits per heavy atom. The van der Waals surface area contributed by atoms with E-state index in [2.05, 4.69) is 50.4 Å². The fourth-order valence-corrected chi connectivity index (χ4v) is 9.02. The number of carbonyl (C=O) groups excluding carboxylic acids is 1. The number of alkyl carbamates (subject to hydrolysis) is 1. The molecular formula is C29H41NO5Si. The van der Waals surface area contributed by atoms with Gasteiger partial charge in [-0.1, -0.05) is 94.4 Å². The van der Waals surface area contributed by atoms with Crippen LogP contribution in [0.15, 0.2) is 72.3 Å². The van der Waals surface area contributed by atoms with E-state index in [0.29, 0.717) is 0 Å². The highest BCUT2D eigenvalue weighted by molar-refractivity contribution is 6.99. The van der Waals surface area contributed by atoms with Gasteiger partial charge in [0.15, 0.2) is 0 Å². The van der Waals surface area contributed by atoms with E-state index in [9.17, 15) is 14.7 Å². The molecule has 196 valence electrons. The molecule has 0 radical (unpaired) electrons. The Hall–Kier alpha value is -2.90. The van der Waals surface area contributed by atoms with Gasteiger partial charge < -0.3 is 19.6 Å². The Morgan fingerprint density at radius 3 is 1.78 bits per heavy atom. The number of carbonyl (C=O) groups is 2. The quantitative estimate of drug-likeness (QED) is 0.360. The summed E-state index contributed by atoms with van der Waals surface area (Å²) in [5, 5.41) is 14.5. The molecule has 0 saturated carbocycles. The Kier molecular flexibility index (Phi) is 9.68. The van der Waals surface area contributed by atoms with Gasteiger partial charge in [0.05, 0.1) is 6.61 Å². The summed E-state index contributed by atoms with van der Waals surface area (Å²) in [6.07, 6.45) is 1.12. The maximum Gasteiger partial charge on any atom is 0.408 e. The van der Waals surface area contributed by atoms with Crippen LogP contribution in [0.1, 0.15) is 55.4 Å². The molecule has 0 heterocycles. The predicted octanol–water partition coefficient (Wildman–Crippen LogP) is 5.12. The largest absolute Gasteiger partial charge is 0.480 e. The van der Waals surface area contributed by atoms with Crippen LogP contribution >= 0.6 is 0 Å². The first kappa shape index (κ1) is 29.3. The zero-order valence-electron chi connectivity index (χ0n) is 22.8. The average Bonchev–Trinajstić information content (AvgIpc) is 2.79. The Labute approximate surface area is 216 Å². The van der Waals surface area contributed by atoms with Gasteiger partial charge in [0.25, 0.3) is 8.32 Å². The molecule has 6 nitrogen and oxygen atoms in total. The van der Waals surface area contributed by atoms with Crippen LogP contribution < -0.4 is 15.7 Å². The Bertz CT molecular complexity index is 999. The fourth-order valence-electron chi connectivity index (χ4n) is 4.48. The van der Waals surface area contributed by atoms with Crippen molar-refractivity contribution >= 4 is 30.8 Å². The Morgan fingerprint density at radius 2 is 1.42 bits per heavy atom. The van der Waals surface area contributed by atoms with Crippen molar-refractivity contribution in [3.05, 3.63) is 72.3 Å². The maximum absolute atomic E-state index is 12.4. The normalized spacial score (nSPS) is 14.6. The lowest BCUT2D eigenvalue weighted by Crippen LogP contribution is -2.66. The van der Waals surface area contributed by atoms with Crippen LogP contribution in [0.2, 0.25) is 5.04 Å². The number of hydrogen-bond acceptors (Lipinski definition) is 4. The van der Waals surface area contributed by atoms with Gasteiger partial charge in [0.1, 0.15) is 11.6 Å². The van der Waals surface area contributed by atoms with Gasteiger partial charge in [-0.2, -0.15) is 0 Å². The van der Waals surface area contributed by atoms with E-state index >= 15 is 0 Å². The molecule has 2 atom stereocenters. The molecule has 0 aliphatic carbocycles. The topological polar surface area (TPSA) is 84.9 Å². The highest BCUT2D eigenvalue weighted by Gasteiger charge is 2.50. The van der Waals surface area contributed by atoms with E-state index in [1.54, 1.807) is 27.7 Å². The van der Waals surface area contributed by atoms with E-state index in [4.69, 9.17) is 9.16 Å². The molecule has 7 heteroatoms. The number of amides is 1. The van der Waals surface area contributed by atoms with Crippen LogP contribution in [0.25, 0.3) is 0 Å². The molecule has 2 N–H and O–H groups in total. The molecular weight excluding hydrogens is 470 g/mol. The van der Waals surface area contributed by atoms with E-state index in [1.807, 2.05) is 49.4 Å². The summed E-state index contributed by atoms with van der Waals surface area (Å²) >= 11 is 0. The second kappa shape index (κ2) is 11.9. The van der Waals surface area contributed by atoms with Crippen LogP contribution in [-0.2, 0) is 14.0 Å². The van der Waals surface area contributed by atoms with Crippen molar-refractivity contribution in [2.24, 2.45) is 5.92 Å². The van der Waals surface area contributed by atoms with Gasteiger partial charge in [0, 0.05) is 5.92 Å². The van der Waals surface area contributed by atoms with Gasteiger partial charge in [-0.3, -0.25) is 0 Å². The molecule has 0 aliphatic heterocycles. The third-order valence-electron chi connectivity index (χ3n) is 6.27. The van der Waals surface area contributed by atoms with Crippen LogP contribution in [0.4, 0.5) is 4.79 Å². The summed E-state index contributed by atoms with van der Waals surface area (Å²) in [5.74, 6) is -1.64. The fraction of sp³-hybridized carbons (Fsp3) is 0.448. The molecule has 36 heavy (non-hydrogen) atoms. The molecule has 0 fully saturated rings. The van der Waals surface area contributed by atoms with E-state index in [1.165, 1.54) is 0 Å². The lowest BCUT2D eigenvalue weighted by atomic mass is 9.93. The van der Waals surface area contributed by atoms with Crippen molar-refractivity contribution in [2.45, 2.75) is 72.1 Å². The molecule has 0 saturated heterocycles. The number of rotatable bonds is 9. The summed E-state index contributed by atoms with van der Waals surface area (Å²) in [6.45, 7) is 15.7. The van der Waals surface area contributed by atoms with Gasteiger partial charge >= 0.3 is 12.1 Å². The van der Waals surface area contributed by atoms with Gasteiger partial charge in [-0.05, 0) is 48.7 Å². The van der Waals surface area contributed by atoms with Crippen molar-refractivity contribution in [1.82, 2.24) is 5.32 Å². The monoisotopic (exact) mass is 511 g/mol. The molecule has 0 aliphatic rings. The van der Waals surface area contributed by atoms with Crippen molar-refractivity contribution < 1.29 is 23.9 Å². The van der Waals surface area contributed by atoms with Crippen molar-refractivity contribution in [3.8, 4) is 0 Å². The third-order valence-corrected chi connectivity index (χ3v) is 11.2. The van der Waals surface area contributed by atoms with Crippen LogP contribution in [0.5, 0.6) is 0 Å². The number of aliphatic carboxylic acids is 1. The molecule has 2 rings (SSSR count). The zero-order chi connectivity index (χ0) is 27.1. The molecule has 0 bridgehead atoms. The number of allylic oxidation sites excluding steroid dienone is 1. The standard InChI is InChI=1S/C29H41NO5Si/c1-9-22(21(2)25(26(31)32)30-27(33)35-28(3,4)5)20-34-36(29(6,7)8,23-16-12-10-13-17-23)24-18-14-11-15-19-24/h9-19,21,25H,20H2,1-8H3,(H,30,33)(H,31,32)/b22-9+/t21-,25-/m0/s1. The molecule has 2 aromatic carbocycles. The van der Waals surface area contributed by atoms with Crippen LogP contribution in [0, 0.1) is 5.92 Å². The molecule has 2 aromatic rings. The third kappa shape index (κ3) is 7.08. The zero-order valence-corrected chi connectivity index (χ0v) is 23.8. The average molecular weight is 512 g/mol.